The van der Waals surface area contributed by atoms with Crippen LogP contribution in [0, 0.1) is 0 Å². The number of imide groups is 1. The molecule has 1 aromatic heterocycles. The topological polar surface area (TPSA) is 93.1 Å². The number of nitrogens with one attached hydrogen (secondary N) is 2. The first kappa shape index (κ1) is 21.6. The zero-order chi connectivity index (χ0) is 21.7. The summed E-state index contributed by atoms with van der Waals surface area (Å²) in [7, 11) is 0. The Morgan fingerprint density at radius 2 is 1.70 bits per heavy atom. The van der Waals surface area contributed by atoms with Crippen LogP contribution in [0.25, 0.3) is 10.9 Å². The molecule has 0 aliphatic carbocycles. The number of carbonyl (C=O) groups is 2. The minimum Gasteiger partial charge on any atom is -0.333 e. The Morgan fingerprint density at radius 3 is 2.40 bits per heavy atom. The number of carbonyl (C=O) groups excluding carboxylic acids is 2. The molecule has 1 heterocycles. The van der Waals surface area contributed by atoms with Crippen molar-refractivity contribution < 1.29 is 9.59 Å². The predicted octanol–water partition coefficient (Wildman–Crippen LogP) is 3.16. The molecule has 0 bridgehead atoms. The maximum Gasteiger partial charge on any atom is 0.321 e. The van der Waals surface area contributed by atoms with E-state index in [-0.39, 0.29) is 11.3 Å². The molecule has 0 atom stereocenters. The number of amides is 3. The number of hydrogen-bond donors (Lipinski definition) is 2. The average molecular weight is 425 g/mol. The SMILES string of the molecule is CC(C)(C)NC(=O)NC(=O)CSc1nc2ccccc2c(=O)n1Cc1ccccc1. The number of fused-ring (bicyclic) bond motifs is 1. The quantitative estimate of drug-likeness (QED) is 0.485. The lowest BCUT2D eigenvalue weighted by atomic mass is 10.1. The van der Waals surface area contributed by atoms with Crippen molar-refractivity contribution in [3.05, 3.63) is 70.5 Å². The van der Waals surface area contributed by atoms with Gasteiger partial charge in [-0.15, -0.1) is 0 Å². The molecule has 7 nitrogen and oxygen atoms in total. The first-order chi connectivity index (χ1) is 14.2. The van der Waals surface area contributed by atoms with Crippen LogP contribution in [-0.4, -0.2) is 32.8 Å². The lowest BCUT2D eigenvalue weighted by Crippen LogP contribution is -2.48. The fourth-order valence-corrected chi connectivity index (χ4v) is 3.63. The highest BCUT2D eigenvalue weighted by Crippen LogP contribution is 2.19. The summed E-state index contributed by atoms with van der Waals surface area (Å²) in [5.41, 5.74) is 0.902. The molecule has 0 spiro atoms. The summed E-state index contributed by atoms with van der Waals surface area (Å²) >= 11 is 1.12. The number of rotatable bonds is 5. The normalized spacial score (nSPS) is 11.3. The lowest BCUT2D eigenvalue weighted by Gasteiger charge is -2.20. The van der Waals surface area contributed by atoms with Crippen molar-refractivity contribution in [2.24, 2.45) is 0 Å². The van der Waals surface area contributed by atoms with Gasteiger partial charge in [-0.05, 0) is 38.5 Å². The number of benzene rings is 2. The third kappa shape index (κ3) is 5.70. The monoisotopic (exact) mass is 424 g/mol. The number of aromatic nitrogens is 2. The van der Waals surface area contributed by atoms with E-state index in [1.165, 1.54) is 0 Å². The zero-order valence-electron chi connectivity index (χ0n) is 17.1. The maximum absolute atomic E-state index is 13.1. The fraction of sp³-hybridized carbons (Fsp3) is 0.273. The second-order valence-electron chi connectivity index (χ2n) is 7.83. The molecule has 3 aromatic rings. The highest BCUT2D eigenvalue weighted by molar-refractivity contribution is 7.99. The van der Waals surface area contributed by atoms with Crippen molar-refractivity contribution in [3.63, 3.8) is 0 Å². The largest absolute Gasteiger partial charge is 0.333 e. The zero-order valence-corrected chi connectivity index (χ0v) is 18.0. The average Bonchev–Trinajstić information content (AvgIpc) is 2.68. The van der Waals surface area contributed by atoms with E-state index in [4.69, 9.17) is 0 Å². The molecule has 30 heavy (non-hydrogen) atoms. The van der Waals surface area contributed by atoms with Gasteiger partial charge in [-0.3, -0.25) is 19.5 Å². The second kappa shape index (κ2) is 9.13. The van der Waals surface area contributed by atoms with Gasteiger partial charge in [0, 0.05) is 5.54 Å². The van der Waals surface area contributed by atoms with Crippen LogP contribution in [0.4, 0.5) is 4.79 Å². The third-order valence-electron chi connectivity index (χ3n) is 4.08. The Hall–Kier alpha value is -3.13. The van der Waals surface area contributed by atoms with Gasteiger partial charge in [0.25, 0.3) is 5.56 Å². The van der Waals surface area contributed by atoms with Crippen LogP contribution >= 0.6 is 11.8 Å². The minimum absolute atomic E-state index is 0.0445. The summed E-state index contributed by atoms with van der Waals surface area (Å²) < 4.78 is 1.56. The summed E-state index contributed by atoms with van der Waals surface area (Å²) in [5, 5.41) is 5.92. The summed E-state index contributed by atoms with van der Waals surface area (Å²) in [6.07, 6.45) is 0. The molecule has 0 unspecified atom stereocenters. The fourth-order valence-electron chi connectivity index (χ4n) is 2.83. The maximum atomic E-state index is 13.1. The number of nitrogens with zero attached hydrogens (tertiary/aromatic N) is 2. The van der Waals surface area contributed by atoms with E-state index in [1.54, 1.807) is 22.8 Å². The lowest BCUT2D eigenvalue weighted by molar-refractivity contribution is -0.117. The Morgan fingerprint density at radius 1 is 1.03 bits per heavy atom. The number of hydrogen-bond acceptors (Lipinski definition) is 5. The highest BCUT2D eigenvalue weighted by atomic mass is 32.2. The van der Waals surface area contributed by atoms with Crippen LogP contribution in [0.15, 0.2) is 64.5 Å². The standard InChI is InChI=1S/C22H24N4O3S/c1-22(2,3)25-20(29)24-18(27)14-30-21-23-17-12-8-7-11-16(17)19(28)26(21)13-15-9-5-4-6-10-15/h4-12H,13-14H2,1-3H3,(H2,24,25,27,29). The van der Waals surface area contributed by atoms with Crippen molar-refractivity contribution in [2.75, 3.05) is 5.75 Å². The van der Waals surface area contributed by atoms with Crippen molar-refractivity contribution in [2.45, 2.75) is 38.0 Å². The molecule has 0 saturated carbocycles. The molecule has 0 radical (unpaired) electrons. The van der Waals surface area contributed by atoms with Crippen LogP contribution in [-0.2, 0) is 11.3 Å². The van der Waals surface area contributed by atoms with E-state index >= 15 is 0 Å². The van der Waals surface area contributed by atoms with Crippen LogP contribution in [0.2, 0.25) is 0 Å². The molecule has 0 aliphatic heterocycles. The molecular formula is C22H24N4O3S. The van der Waals surface area contributed by atoms with Gasteiger partial charge in [-0.25, -0.2) is 9.78 Å². The van der Waals surface area contributed by atoms with Crippen molar-refractivity contribution in [1.29, 1.82) is 0 Å². The van der Waals surface area contributed by atoms with Gasteiger partial charge in [0.2, 0.25) is 5.91 Å². The van der Waals surface area contributed by atoms with E-state index in [1.807, 2.05) is 57.2 Å². The van der Waals surface area contributed by atoms with Crippen molar-refractivity contribution in [3.8, 4) is 0 Å². The van der Waals surface area contributed by atoms with E-state index in [0.29, 0.717) is 22.6 Å². The van der Waals surface area contributed by atoms with Gasteiger partial charge in [0.15, 0.2) is 5.16 Å². The van der Waals surface area contributed by atoms with Gasteiger partial charge in [0.1, 0.15) is 0 Å². The molecule has 0 saturated heterocycles. The number of urea groups is 1. The van der Waals surface area contributed by atoms with Gasteiger partial charge in [-0.1, -0.05) is 54.2 Å². The Labute approximate surface area is 178 Å². The smallest absolute Gasteiger partial charge is 0.321 e. The molecule has 2 aromatic carbocycles. The van der Waals surface area contributed by atoms with Crippen LogP contribution < -0.4 is 16.2 Å². The van der Waals surface area contributed by atoms with E-state index < -0.39 is 17.5 Å². The molecule has 0 fully saturated rings. The molecule has 3 amide bonds. The van der Waals surface area contributed by atoms with E-state index in [2.05, 4.69) is 15.6 Å². The molecule has 2 N–H and O–H groups in total. The highest BCUT2D eigenvalue weighted by Gasteiger charge is 2.17. The van der Waals surface area contributed by atoms with Crippen LogP contribution in [0.1, 0.15) is 26.3 Å². The van der Waals surface area contributed by atoms with E-state index in [9.17, 15) is 14.4 Å². The Kier molecular flexibility index (Phi) is 6.56. The first-order valence-corrected chi connectivity index (χ1v) is 10.5. The second-order valence-corrected chi connectivity index (χ2v) is 8.77. The summed E-state index contributed by atoms with van der Waals surface area (Å²) in [6, 6.07) is 16.1. The summed E-state index contributed by atoms with van der Waals surface area (Å²) in [4.78, 5) is 41.8. The van der Waals surface area contributed by atoms with Crippen LogP contribution in [0.3, 0.4) is 0 Å². The Bertz CT molecular complexity index is 1120. The summed E-state index contributed by atoms with van der Waals surface area (Å²) in [5.74, 6) is -0.507. The van der Waals surface area contributed by atoms with Gasteiger partial charge in [-0.2, -0.15) is 0 Å². The first-order valence-electron chi connectivity index (χ1n) is 9.51. The molecule has 156 valence electrons. The third-order valence-corrected chi connectivity index (χ3v) is 5.06. The van der Waals surface area contributed by atoms with Crippen LogP contribution in [0.5, 0.6) is 0 Å². The summed E-state index contributed by atoms with van der Waals surface area (Å²) in [6.45, 7) is 5.82. The van der Waals surface area contributed by atoms with Gasteiger partial charge in [0.05, 0.1) is 23.2 Å². The molecular weight excluding hydrogens is 400 g/mol. The van der Waals surface area contributed by atoms with Gasteiger partial charge < -0.3 is 5.32 Å². The molecule has 8 heteroatoms. The predicted molar refractivity (Wildman–Crippen MR) is 119 cm³/mol. The van der Waals surface area contributed by atoms with Gasteiger partial charge >= 0.3 is 6.03 Å². The minimum atomic E-state index is -0.554. The van der Waals surface area contributed by atoms with Crippen molar-refractivity contribution in [1.82, 2.24) is 20.2 Å². The number of thioether (sulfide) groups is 1. The Balaban J connectivity index is 1.83. The van der Waals surface area contributed by atoms with Crippen molar-refractivity contribution >= 4 is 34.6 Å². The molecule has 0 aliphatic rings. The number of para-hydroxylation sites is 1. The molecule has 3 rings (SSSR count). The van der Waals surface area contributed by atoms with E-state index in [0.717, 1.165) is 17.3 Å².